The number of halogens is 1. The van der Waals surface area contributed by atoms with E-state index in [1.165, 1.54) is 11.8 Å². The average Bonchev–Trinajstić information content (AvgIpc) is 2.70. The van der Waals surface area contributed by atoms with E-state index in [4.69, 9.17) is 22.7 Å². The van der Waals surface area contributed by atoms with Crippen LogP contribution in [0, 0.1) is 5.41 Å². The number of nitrogens with one attached hydrogen (secondary N) is 2. The monoisotopic (exact) mass is 252 g/mol. The van der Waals surface area contributed by atoms with Crippen molar-refractivity contribution in [1.29, 1.82) is 5.41 Å². The first-order chi connectivity index (χ1) is 7.68. The molecule has 0 unspecified atom stereocenters. The minimum Gasteiger partial charge on any atom is -0.384 e. The lowest BCUT2D eigenvalue weighted by Gasteiger charge is -2.07. The number of nitrogens with zero attached hydrogens (tertiary/aromatic N) is 1. The van der Waals surface area contributed by atoms with Gasteiger partial charge in [-0.2, -0.15) is 0 Å². The highest BCUT2D eigenvalue weighted by Gasteiger charge is 2.11. The number of imidazole rings is 1. The van der Waals surface area contributed by atoms with Gasteiger partial charge in [-0.25, -0.2) is 4.98 Å². The van der Waals surface area contributed by atoms with Gasteiger partial charge in [0, 0.05) is 22.9 Å². The lowest BCUT2D eigenvalue weighted by Crippen LogP contribution is -2.13. The maximum Gasteiger partial charge on any atom is 0.170 e. The van der Waals surface area contributed by atoms with Crippen LogP contribution in [0.2, 0.25) is 5.02 Å². The van der Waals surface area contributed by atoms with E-state index in [-0.39, 0.29) is 5.84 Å². The number of H-pyrrole nitrogens is 1. The smallest absolute Gasteiger partial charge is 0.170 e. The van der Waals surface area contributed by atoms with Gasteiger partial charge in [-0.05, 0) is 12.1 Å². The van der Waals surface area contributed by atoms with Crippen molar-refractivity contribution < 1.29 is 0 Å². The van der Waals surface area contributed by atoms with E-state index in [2.05, 4.69) is 9.97 Å². The van der Waals surface area contributed by atoms with E-state index >= 15 is 0 Å². The van der Waals surface area contributed by atoms with E-state index in [1.54, 1.807) is 18.5 Å². The molecule has 2 aromatic rings. The number of aromatic amines is 1. The van der Waals surface area contributed by atoms with Gasteiger partial charge in [0.25, 0.3) is 0 Å². The molecule has 0 saturated carbocycles. The van der Waals surface area contributed by atoms with Crippen molar-refractivity contribution in [3.63, 3.8) is 0 Å². The van der Waals surface area contributed by atoms with Crippen LogP contribution in [0.25, 0.3) is 0 Å². The predicted molar refractivity (Wildman–Crippen MR) is 65.2 cm³/mol. The van der Waals surface area contributed by atoms with E-state index in [9.17, 15) is 0 Å². The molecule has 0 radical (unpaired) electrons. The number of benzene rings is 1. The fraction of sp³-hybridized carbons (Fsp3) is 0. The van der Waals surface area contributed by atoms with Crippen LogP contribution < -0.4 is 5.73 Å². The van der Waals surface area contributed by atoms with Crippen molar-refractivity contribution >= 4 is 29.2 Å². The van der Waals surface area contributed by atoms with Crippen molar-refractivity contribution in [2.75, 3.05) is 0 Å². The number of hydrogen-bond acceptors (Lipinski definition) is 3. The summed E-state index contributed by atoms with van der Waals surface area (Å²) in [4.78, 5) is 7.88. The molecule has 1 aromatic carbocycles. The predicted octanol–water partition coefficient (Wildman–Crippen LogP) is 2.50. The van der Waals surface area contributed by atoms with Gasteiger partial charge < -0.3 is 10.7 Å². The number of aromatic nitrogens is 2. The molecule has 0 aliphatic rings. The third kappa shape index (κ3) is 2.20. The summed E-state index contributed by atoms with van der Waals surface area (Å²) in [5, 5.41) is 8.71. The first-order valence-electron chi connectivity index (χ1n) is 4.48. The standard InChI is InChI=1S/C10H9ClN4S/c11-6-2-1-3-7(8(6)9(12)13)16-10-14-4-5-15-10/h1-5H,(H3,12,13)(H,14,15). The summed E-state index contributed by atoms with van der Waals surface area (Å²) < 4.78 is 0. The van der Waals surface area contributed by atoms with Crippen molar-refractivity contribution in [2.45, 2.75) is 10.1 Å². The maximum atomic E-state index is 7.50. The van der Waals surface area contributed by atoms with Crippen LogP contribution in [-0.4, -0.2) is 15.8 Å². The molecular formula is C10H9ClN4S. The Hall–Kier alpha value is -1.46. The quantitative estimate of drug-likeness (QED) is 0.580. The van der Waals surface area contributed by atoms with Crippen LogP contribution in [0.3, 0.4) is 0 Å². The van der Waals surface area contributed by atoms with Gasteiger partial charge in [0.15, 0.2) is 5.16 Å². The summed E-state index contributed by atoms with van der Waals surface area (Å²) in [6.45, 7) is 0. The maximum absolute atomic E-state index is 7.50. The molecule has 4 nitrogen and oxygen atoms in total. The molecule has 0 saturated heterocycles. The van der Waals surface area contributed by atoms with E-state index in [1.807, 2.05) is 12.1 Å². The van der Waals surface area contributed by atoms with Gasteiger partial charge in [-0.1, -0.05) is 29.4 Å². The molecule has 6 heteroatoms. The number of amidine groups is 1. The molecule has 0 aliphatic heterocycles. The third-order valence-corrected chi connectivity index (χ3v) is 3.22. The SMILES string of the molecule is N=C(N)c1c(Cl)cccc1Sc1ncc[nH]1. The number of nitrogen functional groups attached to an aromatic ring is 1. The molecule has 0 bridgehead atoms. The zero-order valence-corrected chi connectivity index (χ0v) is 9.77. The van der Waals surface area contributed by atoms with Crippen LogP contribution in [0.5, 0.6) is 0 Å². The lowest BCUT2D eigenvalue weighted by atomic mass is 10.2. The highest BCUT2D eigenvalue weighted by molar-refractivity contribution is 7.99. The van der Waals surface area contributed by atoms with Gasteiger partial charge in [-0.15, -0.1) is 0 Å². The fourth-order valence-electron chi connectivity index (χ4n) is 1.26. The first kappa shape index (κ1) is 11.0. The Morgan fingerprint density at radius 1 is 1.50 bits per heavy atom. The molecule has 0 atom stereocenters. The van der Waals surface area contributed by atoms with Gasteiger partial charge in [0.1, 0.15) is 5.84 Å². The van der Waals surface area contributed by atoms with Gasteiger partial charge in [0.05, 0.1) is 5.02 Å². The normalized spacial score (nSPS) is 10.3. The second-order valence-corrected chi connectivity index (χ2v) is 4.46. The molecule has 0 amide bonds. The number of rotatable bonds is 3. The highest BCUT2D eigenvalue weighted by atomic mass is 35.5. The number of nitrogens with two attached hydrogens (primary N) is 1. The third-order valence-electron chi connectivity index (χ3n) is 1.92. The zero-order valence-electron chi connectivity index (χ0n) is 8.20. The van der Waals surface area contributed by atoms with E-state index in [0.29, 0.717) is 10.6 Å². The molecule has 1 heterocycles. The lowest BCUT2D eigenvalue weighted by molar-refractivity contribution is 1.06. The summed E-state index contributed by atoms with van der Waals surface area (Å²) in [6.07, 6.45) is 3.40. The largest absolute Gasteiger partial charge is 0.384 e. The second-order valence-electron chi connectivity index (χ2n) is 3.02. The van der Waals surface area contributed by atoms with Crippen molar-refractivity contribution in [1.82, 2.24) is 9.97 Å². The Morgan fingerprint density at radius 2 is 2.31 bits per heavy atom. The summed E-state index contributed by atoms with van der Waals surface area (Å²) in [7, 11) is 0. The molecule has 0 spiro atoms. The Labute approximate surface area is 102 Å². The van der Waals surface area contributed by atoms with Gasteiger partial charge in [0.2, 0.25) is 0 Å². The number of hydrogen-bond donors (Lipinski definition) is 3. The molecule has 2 rings (SSSR count). The molecule has 16 heavy (non-hydrogen) atoms. The van der Waals surface area contributed by atoms with Crippen molar-refractivity contribution in [3.05, 3.63) is 41.2 Å². The zero-order chi connectivity index (χ0) is 11.5. The molecular weight excluding hydrogens is 244 g/mol. The van der Waals surface area contributed by atoms with Gasteiger partial charge in [-0.3, -0.25) is 5.41 Å². The fourth-order valence-corrected chi connectivity index (χ4v) is 2.51. The van der Waals surface area contributed by atoms with Crippen LogP contribution in [0.4, 0.5) is 0 Å². The Morgan fingerprint density at radius 3 is 2.94 bits per heavy atom. The minimum absolute atomic E-state index is 0.0420. The summed E-state index contributed by atoms with van der Waals surface area (Å²) >= 11 is 7.39. The Kier molecular flexibility index (Phi) is 3.17. The molecule has 0 aliphatic carbocycles. The second kappa shape index (κ2) is 4.59. The topological polar surface area (TPSA) is 78.6 Å². The minimum atomic E-state index is -0.0420. The van der Waals surface area contributed by atoms with Crippen LogP contribution in [-0.2, 0) is 0 Å². The summed E-state index contributed by atoms with van der Waals surface area (Å²) in [5.41, 5.74) is 6.05. The van der Waals surface area contributed by atoms with Crippen LogP contribution in [0.15, 0.2) is 40.6 Å². The highest BCUT2D eigenvalue weighted by Crippen LogP contribution is 2.31. The Balaban J connectivity index is 2.40. The average molecular weight is 253 g/mol. The van der Waals surface area contributed by atoms with Crippen molar-refractivity contribution in [3.8, 4) is 0 Å². The molecule has 4 N–H and O–H groups in total. The summed E-state index contributed by atoms with van der Waals surface area (Å²) in [5.74, 6) is -0.0420. The van der Waals surface area contributed by atoms with Crippen molar-refractivity contribution in [2.24, 2.45) is 5.73 Å². The van der Waals surface area contributed by atoms with Gasteiger partial charge >= 0.3 is 0 Å². The Bertz CT molecular complexity index is 510. The van der Waals surface area contributed by atoms with Crippen LogP contribution in [0.1, 0.15) is 5.56 Å². The first-order valence-corrected chi connectivity index (χ1v) is 5.68. The van der Waals surface area contributed by atoms with E-state index in [0.717, 1.165) is 10.1 Å². The molecule has 1 aromatic heterocycles. The van der Waals surface area contributed by atoms with E-state index < -0.39 is 0 Å². The molecule has 0 fully saturated rings. The molecule has 82 valence electrons. The summed E-state index contributed by atoms with van der Waals surface area (Å²) in [6, 6.07) is 5.39. The van der Waals surface area contributed by atoms with Crippen LogP contribution >= 0.6 is 23.4 Å².